The second-order valence-electron chi connectivity index (χ2n) is 8.59. The van der Waals surface area contributed by atoms with Crippen LogP contribution < -0.4 is 10.1 Å². The Kier molecular flexibility index (Phi) is 8.86. The molecule has 0 saturated heterocycles. The predicted molar refractivity (Wildman–Crippen MR) is 142 cm³/mol. The maximum atomic E-state index is 13.5. The van der Waals surface area contributed by atoms with E-state index in [0.29, 0.717) is 54.1 Å². The van der Waals surface area contributed by atoms with E-state index in [0.717, 1.165) is 16.7 Å². The van der Waals surface area contributed by atoms with Gasteiger partial charge in [-0.15, -0.1) is 0 Å². The van der Waals surface area contributed by atoms with E-state index in [9.17, 15) is 4.79 Å². The summed E-state index contributed by atoms with van der Waals surface area (Å²) in [6.07, 6.45) is 1.55. The molecule has 0 radical (unpaired) electrons. The van der Waals surface area contributed by atoms with Crippen LogP contribution in [0.4, 0.5) is 0 Å². The summed E-state index contributed by atoms with van der Waals surface area (Å²) < 4.78 is 11.6. The van der Waals surface area contributed by atoms with Crippen molar-refractivity contribution in [2.75, 3.05) is 26.4 Å². The average molecular weight is 527 g/mol. The fourth-order valence-electron chi connectivity index (χ4n) is 3.96. The van der Waals surface area contributed by atoms with Crippen LogP contribution in [-0.2, 0) is 22.4 Å². The van der Waals surface area contributed by atoms with E-state index in [-0.39, 0.29) is 19.1 Å². The number of halogens is 2. The molecule has 1 heterocycles. The highest BCUT2D eigenvalue weighted by Crippen LogP contribution is 2.28. The molecule has 6 nitrogen and oxygen atoms in total. The van der Waals surface area contributed by atoms with Gasteiger partial charge < -0.3 is 19.9 Å². The van der Waals surface area contributed by atoms with Gasteiger partial charge in [0.05, 0.1) is 6.61 Å². The lowest BCUT2D eigenvalue weighted by atomic mass is 9.91. The molecule has 0 unspecified atom stereocenters. The summed E-state index contributed by atoms with van der Waals surface area (Å²) >= 11 is 12.3. The minimum atomic E-state index is -1.09. The largest absolute Gasteiger partial charge is 0.494 e. The lowest BCUT2D eigenvalue weighted by molar-refractivity contribution is -0.126. The van der Waals surface area contributed by atoms with Gasteiger partial charge in [0.1, 0.15) is 12.4 Å². The Morgan fingerprint density at radius 3 is 2.58 bits per heavy atom. The molecule has 3 aromatic carbocycles. The summed E-state index contributed by atoms with van der Waals surface area (Å²) in [6.45, 7) is 1.07. The summed E-state index contributed by atoms with van der Waals surface area (Å²) in [6, 6.07) is 22.5. The first-order valence-electron chi connectivity index (χ1n) is 11.8. The SMILES string of the molecule is O=C(NCCc1ccc(Cl)cc1Cl)[C@@]1(Cc2ccccc2)COC(c2ccc(OCCCO)cc2)=N1. The number of aliphatic hydroxyl groups is 1. The van der Waals surface area contributed by atoms with Crippen LogP contribution in [0, 0.1) is 0 Å². The predicted octanol–water partition coefficient (Wildman–Crippen LogP) is 4.87. The molecule has 8 heteroatoms. The molecule has 0 aliphatic carbocycles. The molecule has 1 aliphatic rings. The van der Waals surface area contributed by atoms with Gasteiger partial charge in [0.2, 0.25) is 5.90 Å². The Bertz CT molecular complexity index is 1200. The number of nitrogens with one attached hydrogen (secondary N) is 1. The van der Waals surface area contributed by atoms with Crippen LogP contribution in [0.25, 0.3) is 0 Å². The zero-order valence-electron chi connectivity index (χ0n) is 19.8. The van der Waals surface area contributed by atoms with Crippen LogP contribution in [0.2, 0.25) is 10.0 Å². The zero-order valence-corrected chi connectivity index (χ0v) is 21.3. The molecule has 0 bridgehead atoms. The van der Waals surface area contributed by atoms with Gasteiger partial charge in [-0.3, -0.25) is 4.79 Å². The second-order valence-corrected chi connectivity index (χ2v) is 9.43. The monoisotopic (exact) mass is 526 g/mol. The number of amides is 1. The molecular formula is C28H28Cl2N2O4. The van der Waals surface area contributed by atoms with Crippen molar-refractivity contribution in [3.8, 4) is 5.75 Å². The van der Waals surface area contributed by atoms with Crippen LogP contribution in [0.5, 0.6) is 5.75 Å². The molecule has 3 aromatic rings. The van der Waals surface area contributed by atoms with Gasteiger partial charge in [-0.2, -0.15) is 0 Å². The van der Waals surface area contributed by atoms with Gasteiger partial charge in [0, 0.05) is 41.6 Å². The van der Waals surface area contributed by atoms with Crippen LogP contribution in [0.3, 0.4) is 0 Å². The van der Waals surface area contributed by atoms with Crippen LogP contribution >= 0.6 is 23.2 Å². The summed E-state index contributed by atoms with van der Waals surface area (Å²) in [5.74, 6) is 0.916. The summed E-state index contributed by atoms with van der Waals surface area (Å²) in [5.41, 5.74) is 1.58. The maximum Gasteiger partial charge on any atom is 0.251 e. The molecule has 0 fully saturated rings. The molecular weight excluding hydrogens is 499 g/mol. The van der Waals surface area contributed by atoms with Crippen molar-refractivity contribution in [3.63, 3.8) is 0 Å². The molecule has 36 heavy (non-hydrogen) atoms. The number of aliphatic hydroxyl groups excluding tert-OH is 1. The van der Waals surface area contributed by atoms with E-state index in [2.05, 4.69) is 5.32 Å². The Balaban J connectivity index is 1.50. The fourth-order valence-corrected chi connectivity index (χ4v) is 4.47. The van der Waals surface area contributed by atoms with Crippen molar-refractivity contribution in [2.45, 2.75) is 24.8 Å². The highest BCUT2D eigenvalue weighted by molar-refractivity contribution is 6.35. The smallest absolute Gasteiger partial charge is 0.251 e. The molecule has 0 saturated carbocycles. The summed E-state index contributed by atoms with van der Waals surface area (Å²) in [5, 5.41) is 13.1. The van der Waals surface area contributed by atoms with Crippen molar-refractivity contribution in [1.29, 1.82) is 0 Å². The van der Waals surface area contributed by atoms with Gasteiger partial charge in [0.15, 0.2) is 5.54 Å². The fraction of sp³-hybridized carbons (Fsp3) is 0.286. The molecule has 2 N–H and O–H groups in total. The van der Waals surface area contributed by atoms with Crippen molar-refractivity contribution in [2.24, 2.45) is 4.99 Å². The van der Waals surface area contributed by atoms with E-state index in [1.165, 1.54) is 0 Å². The van der Waals surface area contributed by atoms with Gasteiger partial charge in [-0.1, -0.05) is 59.6 Å². The number of carbonyl (C=O) groups excluding carboxylic acids is 1. The van der Waals surface area contributed by atoms with Crippen LogP contribution in [0.15, 0.2) is 77.8 Å². The Hall–Kier alpha value is -3.06. The first-order valence-corrected chi connectivity index (χ1v) is 12.6. The summed E-state index contributed by atoms with van der Waals surface area (Å²) in [4.78, 5) is 18.3. The molecule has 188 valence electrons. The Morgan fingerprint density at radius 1 is 1.08 bits per heavy atom. The normalized spacial score (nSPS) is 16.8. The number of ether oxygens (including phenoxy) is 2. The molecule has 0 spiro atoms. The van der Waals surface area contributed by atoms with Gasteiger partial charge in [0.25, 0.3) is 5.91 Å². The van der Waals surface area contributed by atoms with E-state index in [4.69, 9.17) is 42.8 Å². The highest BCUT2D eigenvalue weighted by Gasteiger charge is 2.44. The van der Waals surface area contributed by atoms with Gasteiger partial charge in [-0.05, 0) is 53.9 Å². The zero-order chi connectivity index (χ0) is 25.4. The Morgan fingerprint density at radius 2 is 1.86 bits per heavy atom. The average Bonchev–Trinajstić information content (AvgIpc) is 3.32. The second kappa shape index (κ2) is 12.3. The topological polar surface area (TPSA) is 80.2 Å². The number of aliphatic imine (C=N–C) groups is 1. The van der Waals surface area contributed by atoms with Crippen molar-refractivity contribution >= 4 is 35.0 Å². The minimum Gasteiger partial charge on any atom is -0.494 e. The number of hydrogen-bond donors (Lipinski definition) is 2. The molecule has 4 rings (SSSR count). The molecule has 1 aliphatic heterocycles. The number of rotatable bonds is 11. The van der Waals surface area contributed by atoms with Gasteiger partial charge >= 0.3 is 0 Å². The van der Waals surface area contributed by atoms with E-state index in [1.54, 1.807) is 12.1 Å². The summed E-state index contributed by atoms with van der Waals surface area (Å²) in [7, 11) is 0. The standard InChI is InChI=1S/C28H28Cl2N2O4/c29-23-10-7-21(25(30)17-23)13-14-31-27(34)28(18-20-5-2-1-3-6-20)19-36-26(32-28)22-8-11-24(12-9-22)35-16-4-15-33/h1-3,5-12,17,33H,4,13-16,18-19H2,(H,31,34)/t28-/m1/s1. The number of nitrogens with zero attached hydrogens (tertiary/aromatic N) is 1. The number of benzene rings is 3. The maximum absolute atomic E-state index is 13.5. The quantitative estimate of drug-likeness (QED) is 0.349. The third-order valence-electron chi connectivity index (χ3n) is 5.89. The van der Waals surface area contributed by atoms with E-state index >= 15 is 0 Å². The first kappa shape index (κ1) is 26.0. The third-order valence-corrected chi connectivity index (χ3v) is 6.48. The van der Waals surface area contributed by atoms with Crippen molar-refractivity contribution < 1.29 is 19.4 Å². The van der Waals surface area contributed by atoms with Crippen LogP contribution in [-0.4, -0.2) is 48.8 Å². The molecule has 1 amide bonds. The Labute approximate surface area is 220 Å². The van der Waals surface area contributed by atoms with Crippen molar-refractivity contribution in [3.05, 3.63) is 99.5 Å². The van der Waals surface area contributed by atoms with Gasteiger partial charge in [-0.25, -0.2) is 4.99 Å². The number of carbonyl (C=O) groups is 1. The molecule has 0 aromatic heterocycles. The highest BCUT2D eigenvalue weighted by atomic mass is 35.5. The third kappa shape index (κ3) is 6.58. The molecule has 1 atom stereocenters. The van der Waals surface area contributed by atoms with E-state index < -0.39 is 5.54 Å². The first-order chi connectivity index (χ1) is 17.5. The van der Waals surface area contributed by atoms with Crippen molar-refractivity contribution in [1.82, 2.24) is 5.32 Å². The van der Waals surface area contributed by atoms with E-state index in [1.807, 2.05) is 60.7 Å². The van der Waals surface area contributed by atoms with Crippen LogP contribution in [0.1, 0.15) is 23.1 Å². The minimum absolute atomic E-state index is 0.0844. The lowest BCUT2D eigenvalue weighted by Gasteiger charge is -2.23. The number of hydrogen-bond acceptors (Lipinski definition) is 5. The lowest BCUT2D eigenvalue weighted by Crippen LogP contribution is -2.49.